The van der Waals surface area contributed by atoms with E-state index in [2.05, 4.69) is 10.00 Å². The number of carbonyl (C=O) groups excluding carboxylic acids is 1. The van der Waals surface area contributed by atoms with Gasteiger partial charge < -0.3 is 9.64 Å². The normalized spacial score (nSPS) is 22.2. The summed E-state index contributed by atoms with van der Waals surface area (Å²) in [4.78, 5) is 14.1. The van der Waals surface area contributed by atoms with Gasteiger partial charge in [-0.2, -0.15) is 5.10 Å². The monoisotopic (exact) mass is 223 g/mol. The molecule has 0 saturated carbocycles. The summed E-state index contributed by atoms with van der Waals surface area (Å²) in [7, 11) is 3.85. The van der Waals surface area contributed by atoms with E-state index < -0.39 is 0 Å². The zero-order valence-corrected chi connectivity index (χ0v) is 9.72. The van der Waals surface area contributed by atoms with Crippen molar-refractivity contribution >= 4 is 5.78 Å². The van der Waals surface area contributed by atoms with Gasteiger partial charge in [0.2, 0.25) is 0 Å². The largest absolute Gasteiger partial charge is 0.368 e. The van der Waals surface area contributed by atoms with Gasteiger partial charge in [-0.15, -0.1) is 0 Å². The molecular formula is C11H17N3O2. The molecule has 0 N–H and O–H groups in total. The minimum absolute atomic E-state index is 0.138. The van der Waals surface area contributed by atoms with E-state index in [-0.39, 0.29) is 11.9 Å². The number of ketones is 1. The standard InChI is InChI=1S/C11H17N3O2/c1-13-3-4-16-11(8-13)10(15)5-9-6-12-14(2)7-9/h6-7,11H,3-5,8H2,1-2H3. The number of hydrogen-bond donors (Lipinski definition) is 0. The Morgan fingerprint density at radius 1 is 1.62 bits per heavy atom. The van der Waals surface area contributed by atoms with Gasteiger partial charge in [0.1, 0.15) is 6.10 Å². The van der Waals surface area contributed by atoms with E-state index in [0.29, 0.717) is 19.6 Å². The van der Waals surface area contributed by atoms with E-state index in [9.17, 15) is 4.79 Å². The van der Waals surface area contributed by atoms with Gasteiger partial charge in [-0.1, -0.05) is 0 Å². The predicted molar refractivity (Wildman–Crippen MR) is 59.2 cm³/mol. The van der Waals surface area contributed by atoms with E-state index in [1.807, 2.05) is 20.3 Å². The highest BCUT2D eigenvalue weighted by Crippen LogP contribution is 2.08. The van der Waals surface area contributed by atoms with Gasteiger partial charge >= 0.3 is 0 Å². The van der Waals surface area contributed by atoms with Crippen LogP contribution in [-0.4, -0.2) is 53.3 Å². The van der Waals surface area contributed by atoms with E-state index in [0.717, 1.165) is 12.1 Å². The Labute approximate surface area is 95.0 Å². The second-order valence-corrected chi connectivity index (χ2v) is 4.29. The molecular weight excluding hydrogens is 206 g/mol. The number of carbonyl (C=O) groups is 1. The van der Waals surface area contributed by atoms with Crippen LogP contribution in [0.5, 0.6) is 0 Å². The molecule has 1 aromatic heterocycles. The molecule has 2 heterocycles. The molecule has 0 bridgehead atoms. The molecule has 88 valence electrons. The third kappa shape index (κ3) is 2.68. The number of likely N-dealkylation sites (N-methyl/N-ethyl adjacent to an activating group) is 1. The highest BCUT2D eigenvalue weighted by atomic mass is 16.5. The van der Waals surface area contributed by atoms with Crippen molar-refractivity contribution in [3.8, 4) is 0 Å². The van der Waals surface area contributed by atoms with Crippen molar-refractivity contribution in [3.05, 3.63) is 18.0 Å². The van der Waals surface area contributed by atoms with Gasteiger partial charge in [-0.05, 0) is 12.6 Å². The van der Waals surface area contributed by atoms with Crippen LogP contribution in [0.2, 0.25) is 0 Å². The topological polar surface area (TPSA) is 47.4 Å². The van der Waals surface area contributed by atoms with Crippen LogP contribution in [0.15, 0.2) is 12.4 Å². The minimum atomic E-state index is -0.279. The van der Waals surface area contributed by atoms with E-state index in [4.69, 9.17) is 4.74 Å². The van der Waals surface area contributed by atoms with Gasteiger partial charge in [-0.3, -0.25) is 9.48 Å². The Hall–Kier alpha value is -1.20. The molecule has 0 radical (unpaired) electrons. The molecule has 1 aliphatic heterocycles. The minimum Gasteiger partial charge on any atom is -0.368 e. The number of aryl methyl sites for hydroxylation is 1. The Kier molecular flexibility index (Phi) is 3.36. The molecule has 1 aliphatic rings. The van der Waals surface area contributed by atoms with E-state index in [1.165, 1.54) is 0 Å². The van der Waals surface area contributed by atoms with Crippen LogP contribution in [0.3, 0.4) is 0 Å². The molecule has 0 aliphatic carbocycles. The van der Waals surface area contributed by atoms with Gasteiger partial charge in [0.05, 0.1) is 12.8 Å². The van der Waals surface area contributed by atoms with Crippen LogP contribution in [0.4, 0.5) is 0 Å². The molecule has 0 amide bonds. The molecule has 16 heavy (non-hydrogen) atoms. The average molecular weight is 223 g/mol. The third-order valence-corrected chi connectivity index (χ3v) is 2.77. The summed E-state index contributed by atoms with van der Waals surface area (Å²) in [6.07, 6.45) is 3.72. The second kappa shape index (κ2) is 4.76. The predicted octanol–water partition coefficient (Wildman–Crippen LogP) is -0.138. The lowest BCUT2D eigenvalue weighted by atomic mass is 10.1. The number of Topliss-reactive ketones (excluding diaryl/α,β-unsaturated/α-hetero) is 1. The van der Waals surface area contributed by atoms with Gasteiger partial charge in [-0.25, -0.2) is 0 Å². The fourth-order valence-corrected chi connectivity index (χ4v) is 1.85. The first kappa shape index (κ1) is 11.3. The average Bonchev–Trinajstić information content (AvgIpc) is 2.64. The summed E-state index contributed by atoms with van der Waals surface area (Å²) in [6.45, 7) is 2.23. The van der Waals surface area contributed by atoms with Crippen LogP contribution >= 0.6 is 0 Å². The summed E-state index contributed by atoms with van der Waals surface area (Å²) in [5.41, 5.74) is 0.948. The summed E-state index contributed by atoms with van der Waals surface area (Å²) >= 11 is 0. The fourth-order valence-electron chi connectivity index (χ4n) is 1.85. The first-order valence-corrected chi connectivity index (χ1v) is 5.45. The molecule has 0 spiro atoms. The molecule has 1 atom stereocenters. The first-order valence-electron chi connectivity index (χ1n) is 5.45. The summed E-state index contributed by atoms with van der Waals surface area (Å²) in [5.74, 6) is 0.138. The lowest BCUT2D eigenvalue weighted by Gasteiger charge is -2.28. The summed E-state index contributed by atoms with van der Waals surface area (Å²) < 4.78 is 7.18. The molecule has 1 fully saturated rings. The summed E-state index contributed by atoms with van der Waals surface area (Å²) in [5, 5.41) is 4.04. The van der Waals surface area contributed by atoms with Crippen molar-refractivity contribution in [2.45, 2.75) is 12.5 Å². The second-order valence-electron chi connectivity index (χ2n) is 4.29. The van der Waals surface area contributed by atoms with Crippen molar-refractivity contribution in [2.75, 3.05) is 26.7 Å². The van der Waals surface area contributed by atoms with Crippen LogP contribution < -0.4 is 0 Å². The first-order chi connectivity index (χ1) is 7.65. The van der Waals surface area contributed by atoms with Gasteiger partial charge in [0.15, 0.2) is 5.78 Å². The zero-order chi connectivity index (χ0) is 11.5. The van der Waals surface area contributed by atoms with Crippen LogP contribution in [0.25, 0.3) is 0 Å². The third-order valence-electron chi connectivity index (χ3n) is 2.77. The van der Waals surface area contributed by atoms with Crippen molar-refractivity contribution in [2.24, 2.45) is 7.05 Å². The van der Waals surface area contributed by atoms with E-state index >= 15 is 0 Å². The Bertz CT molecular complexity index is 375. The Balaban J connectivity index is 1.92. The molecule has 0 aromatic carbocycles. The smallest absolute Gasteiger partial charge is 0.167 e. The zero-order valence-electron chi connectivity index (χ0n) is 9.72. The molecule has 2 rings (SSSR count). The van der Waals surface area contributed by atoms with Gasteiger partial charge in [0.25, 0.3) is 0 Å². The Morgan fingerprint density at radius 2 is 2.44 bits per heavy atom. The number of nitrogens with zero attached hydrogens (tertiary/aromatic N) is 3. The maximum atomic E-state index is 11.9. The van der Waals surface area contributed by atoms with Crippen molar-refractivity contribution in [3.63, 3.8) is 0 Å². The van der Waals surface area contributed by atoms with Crippen molar-refractivity contribution in [1.82, 2.24) is 14.7 Å². The maximum absolute atomic E-state index is 11.9. The number of ether oxygens (including phenoxy) is 1. The van der Waals surface area contributed by atoms with Crippen LogP contribution in [-0.2, 0) is 23.0 Å². The number of rotatable bonds is 3. The van der Waals surface area contributed by atoms with Crippen LogP contribution in [0.1, 0.15) is 5.56 Å². The molecule has 1 aromatic rings. The van der Waals surface area contributed by atoms with Crippen molar-refractivity contribution in [1.29, 1.82) is 0 Å². The molecule has 1 unspecified atom stereocenters. The number of morpholine rings is 1. The molecule has 5 heteroatoms. The molecule has 1 saturated heterocycles. The van der Waals surface area contributed by atoms with Crippen molar-refractivity contribution < 1.29 is 9.53 Å². The lowest BCUT2D eigenvalue weighted by molar-refractivity contribution is -0.134. The molecule has 5 nitrogen and oxygen atoms in total. The number of aromatic nitrogens is 2. The highest BCUT2D eigenvalue weighted by molar-refractivity contribution is 5.85. The quantitative estimate of drug-likeness (QED) is 0.715. The Morgan fingerprint density at radius 3 is 3.06 bits per heavy atom. The lowest BCUT2D eigenvalue weighted by Crippen LogP contribution is -2.44. The SMILES string of the molecule is CN1CCOC(C(=O)Cc2cnn(C)c2)C1. The van der Waals surface area contributed by atoms with Crippen LogP contribution in [0, 0.1) is 0 Å². The fraction of sp³-hybridized carbons (Fsp3) is 0.636. The summed E-state index contributed by atoms with van der Waals surface area (Å²) in [6, 6.07) is 0. The number of hydrogen-bond acceptors (Lipinski definition) is 4. The van der Waals surface area contributed by atoms with Gasteiger partial charge in [0, 0.05) is 32.8 Å². The highest BCUT2D eigenvalue weighted by Gasteiger charge is 2.24. The maximum Gasteiger partial charge on any atom is 0.167 e. The van der Waals surface area contributed by atoms with E-state index in [1.54, 1.807) is 10.9 Å².